The van der Waals surface area contributed by atoms with E-state index in [4.69, 9.17) is 0 Å². The Morgan fingerprint density at radius 2 is 2.50 bits per heavy atom. The molecule has 27 valence electrons. The molecule has 0 saturated heterocycles. The Balaban J connectivity index is 2.61. The fourth-order valence-corrected chi connectivity index (χ4v) is 1.36. The summed E-state index contributed by atoms with van der Waals surface area (Å²) in [4.78, 5) is 0. The van der Waals surface area contributed by atoms with Gasteiger partial charge in [0.1, 0.15) is 0 Å². The molecule has 0 aromatic rings. The van der Waals surface area contributed by atoms with Crippen molar-refractivity contribution in [2.24, 2.45) is 0 Å². The van der Waals surface area contributed by atoms with Crippen molar-refractivity contribution in [2.75, 3.05) is 0 Å². The first-order valence-electron chi connectivity index (χ1n) is 2.07. The van der Waals surface area contributed by atoms with Crippen molar-refractivity contribution >= 4 is 0 Å². The molecule has 0 aliphatic heterocycles. The van der Waals surface area contributed by atoms with Crippen molar-refractivity contribution in [1.82, 2.24) is 0 Å². The molecule has 1 aliphatic carbocycles. The van der Waals surface area contributed by atoms with Crippen molar-refractivity contribution in [3.05, 3.63) is 21.4 Å². The molecule has 0 aromatic heterocycles. The normalized spacial score (nSPS) is 18.7. The van der Waals surface area contributed by atoms with E-state index in [9.17, 15) is 0 Å². The molecular weight excluding hydrogens is 172 g/mol. The summed E-state index contributed by atoms with van der Waals surface area (Å²) in [7, 11) is 0. The minimum absolute atomic E-state index is 1.05. The van der Waals surface area contributed by atoms with E-state index in [2.05, 4.69) is 18.2 Å². The summed E-state index contributed by atoms with van der Waals surface area (Å²) in [5.41, 5.74) is 0. The van der Waals surface area contributed by atoms with Crippen LogP contribution in [0.25, 0.3) is 0 Å². The van der Waals surface area contributed by atoms with Crippen LogP contribution >= 0.6 is 0 Å². The van der Waals surface area contributed by atoms with E-state index >= 15 is 0 Å². The fourth-order valence-electron chi connectivity index (χ4n) is 0.492. The van der Waals surface area contributed by atoms with Gasteiger partial charge in [-0.3, -0.25) is 0 Å². The first-order chi connectivity index (χ1) is 2.89. The zero-order chi connectivity index (χ0) is 4.41. The van der Waals surface area contributed by atoms with Gasteiger partial charge < -0.3 is 0 Å². The second kappa shape index (κ2) is 1.91. The van der Waals surface area contributed by atoms with Crippen molar-refractivity contribution in [1.29, 1.82) is 0 Å². The maximum atomic E-state index is 2.21. The van der Waals surface area contributed by atoms with E-state index in [1.807, 2.05) is 0 Å². The van der Waals surface area contributed by atoms with E-state index in [1.165, 1.54) is 6.42 Å². The summed E-state index contributed by atoms with van der Waals surface area (Å²) in [6, 6.07) is 0. The second-order valence-electron chi connectivity index (χ2n) is 1.46. The average Bonchev–Trinajstić information content (AvgIpc) is 1.86. The van der Waals surface area contributed by atoms with Gasteiger partial charge >= 0.3 is 53.5 Å². The monoisotopic (exact) mass is 179 g/mol. The molecule has 0 atom stereocenters. The van der Waals surface area contributed by atoms with Gasteiger partial charge in [-0.15, -0.1) is 0 Å². The van der Waals surface area contributed by atoms with E-state index in [1.54, 1.807) is 3.13 Å². The van der Waals surface area contributed by atoms with Crippen LogP contribution in [0, 0.1) is 0 Å². The Bertz CT molecular complexity index is 101. The van der Waals surface area contributed by atoms with Gasteiger partial charge in [0.2, 0.25) is 0 Å². The number of hydrogen-bond acceptors (Lipinski definition) is 0. The fraction of sp³-hybridized carbons (Fsp3) is 0.200. The number of allylic oxidation sites excluding steroid dienone is 4. The standard InChI is InChI=1S/C5H5.Cd/c1-2-4-5-3-1;/h1-3H,4H2;. The average molecular weight is 178 g/mol. The molecule has 0 radical (unpaired) electrons. The third-order valence-corrected chi connectivity index (χ3v) is 2.34. The predicted octanol–water partition coefficient (Wildman–Crippen LogP) is 1.38. The second-order valence-corrected chi connectivity index (χ2v) is 4.05. The van der Waals surface area contributed by atoms with Gasteiger partial charge in [0.15, 0.2) is 0 Å². The van der Waals surface area contributed by atoms with Gasteiger partial charge in [0.05, 0.1) is 0 Å². The molecule has 0 N–H and O–H groups in total. The van der Waals surface area contributed by atoms with Crippen LogP contribution in [0.1, 0.15) is 6.42 Å². The molecule has 0 bridgehead atoms. The summed E-state index contributed by atoms with van der Waals surface area (Å²) in [6.07, 6.45) is 7.80. The quantitative estimate of drug-likeness (QED) is 0.491. The van der Waals surface area contributed by atoms with Gasteiger partial charge in [0.25, 0.3) is 0 Å². The van der Waals surface area contributed by atoms with Crippen LogP contribution in [0.5, 0.6) is 0 Å². The SMILES string of the molecule is [Cd][C]1=CC=CC1. The summed E-state index contributed by atoms with van der Waals surface area (Å²) < 4.78 is 1.64. The molecule has 0 heterocycles. The molecule has 0 nitrogen and oxygen atoms in total. The van der Waals surface area contributed by atoms with Crippen LogP contribution in [0.3, 0.4) is 0 Å². The molecule has 0 aromatic carbocycles. The van der Waals surface area contributed by atoms with Crippen molar-refractivity contribution < 1.29 is 25.8 Å². The van der Waals surface area contributed by atoms with Crippen LogP contribution in [-0.2, 0) is 25.8 Å². The molecule has 0 spiro atoms. The van der Waals surface area contributed by atoms with Gasteiger partial charge in [0, 0.05) is 0 Å². The molecule has 0 saturated carbocycles. The molecule has 0 amide bonds. The molecule has 1 heteroatoms. The Hall–Kier alpha value is 0.402. The molecular formula is C5H5Cd. The van der Waals surface area contributed by atoms with E-state index < -0.39 is 0 Å². The molecule has 6 heavy (non-hydrogen) atoms. The summed E-state index contributed by atoms with van der Waals surface area (Å²) in [6.45, 7) is 0. The topological polar surface area (TPSA) is 0 Å². The van der Waals surface area contributed by atoms with Crippen LogP contribution in [0.2, 0.25) is 0 Å². The Morgan fingerprint density at radius 1 is 1.67 bits per heavy atom. The van der Waals surface area contributed by atoms with Crippen molar-refractivity contribution in [2.45, 2.75) is 6.42 Å². The van der Waals surface area contributed by atoms with Crippen molar-refractivity contribution in [3.63, 3.8) is 0 Å². The van der Waals surface area contributed by atoms with Crippen LogP contribution in [-0.4, -0.2) is 0 Å². The van der Waals surface area contributed by atoms with E-state index in [0.29, 0.717) is 0 Å². The molecule has 0 fully saturated rings. The summed E-state index contributed by atoms with van der Waals surface area (Å²) in [5.74, 6) is 0. The van der Waals surface area contributed by atoms with Crippen LogP contribution < -0.4 is 0 Å². The van der Waals surface area contributed by atoms with Crippen LogP contribution in [0.4, 0.5) is 0 Å². The van der Waals surface area contributed by atoms with Crippen LogP contribution in [0.15, 0.2) is 21.4 Å². The first kappa shape index (κ1) is 4.56. The summed E-state index contributed by atoms with van der Waals surface area (Å²) in [5, 5.41) is 0. The Morgan fingerprint density at radius 3 is 2.67 bits per heavy atom. The summed E-state index contributed by atoms with van der Waals surface area (Å²) >= 11 is 1.05. The third-order valence-electron chi connectivity index (χ3n) is 0.848. The minimum atomic E-state index is 1.05. The zero-order valence-electron chi connectivity index (χ0n) is 3.65. The van der Waals surface area contributed by atoms with Gasteiger partial charge in [-0.1, -0.05) is 0 Å². The Labute approximate surface area is 53.6 Å². The Kier molecular flexibility index (Phi) is 1.45. The van der Waals surface area contributed by atoms with E-state index in [0.717, 1.165) is 25.8 Å². The third kappa shape index (κ3) is 0.930. The molecule has 0 unspecified atom stereocenters. The van der Waals surface area contributed by atoms with Gasteiger partial charge in [-0.2, -0.15) is 0 Å². The molecule has 1 aliphatic rings. The first-order valence-corrected chi connectivity index (χ1v) is 4.09. The maximum absolute atomic E-state index is 2.21. The van der Waals surface area contributed by atoms with Crippen molar-refractivity contribution in [3.8, 4) is 0 Å². The number of rotatable bonds is 0. The van der Waals surface area contributed by atoms with E-state index in [-0.39, 0.29) is 0 Å². The molecule has 1 rings (SSSR count). The van der Waals surface area contributed by atoms with Gasteiger partial charge in [-0.25, -0.2) is 0 Å². The van der Waals surface area contributed by atoms with Gasteiger partial charge in [-0.05, 0) is 0 Å². The predicted molar refractivity (Wildman–Crippen MR) is 21.8 cm³/mol. The zero-order valence-corrected chi connectivity index (χ0v) is 7.68. The number of hydrogen-bond donors (Lipinski definition) is 0.